The van der Waals surface area contributed by atoms with Crippen LogP contribution in [0.3, 0.4) is 0 Å². The van der Waals surface area contributed by atoms with E-state index in [2.05, 4.69) is 5.32 Å². The first kappa shape index (κ1) is 15.5. The van der Waals surface area contributed by atoms with Crippen molar-refractivity contribution in [2.45, 2.75) is 25.0 Å². The first-order valence-corrected chi connectivity index (χ1v) is 8.19. The second-order valence-electron chi connectivity index (χ2n) is 4.96. The number of thioether (sulfide) groups is 1. The third-order valence-electron chi connectivity index (χ3n) is 3.30. The zero-order valence-electron chi connectivity index (χ0n) is 11.9. The van der Waals surface area contributed by atoms with Gasteiger partial charge in [0.15, 0.2) is 0 Å². The van der Waals surface area contributed by atoms with Gasteiger partial charge in [-0.3, -0.25) is 0 Å². The third-order valence-corrected chi connectivity index (χ3v) is 4.52. The number of nitrogens with one attached hydrogen (secondary N) is 1. The molecular formula is C15H23NO3S. The second kappa shape index (κ2) is 8.39. The molecule has 1 aliphatic rings. The van der Waals surface area contributed by atoms with E-state index in [1.807, 2.05) is 36.0 Å². The Morgan fingerprint density at radius 2 is 2.10 bits per heavy atom. The van der Waals surface area contributed by atoms with Crippen LogP contribution >= 0.6 is 11.8 Å². The smallest absolute Gasteiger partial charge is 0.119 e. The highest BCUT2D eigenvalue weighted by molar-refractivity contribution is 7.99. The predicted molar refractivity (Wildman–Crippen MR) is 82.8 cm³/mol. The van der Waals surface area contributed by atoms with Gasteiger partial charge in [-0.25, -0.2) is 0 Å². The fourth-order valence-corrected chi connectivity index (χ4v) is 3.23. The Hall–Kier alpha value is -0.910. The van der Waals surface area contributed by atoms with Gasteiger partial charge < -0.3 is 19.9 Å². The van der Waals surface area contributed by atoms with Gasteiger partial charge in [-0.05, 0) is 42.9 Å². The Morgan fingerprint density at radius 1 is 1.35 bits per heavy atom. The van der Waals surface area contributed by atoms with E-state index < -0.39 is 6.10 Å². The van der Waals surface area contributed by atoms with Crippen molar-refractivity contribution in [2.75, 3.05) is 31.8 Å². The van der Waals surface area contributed by atoms with Crippen LogP contribution in [-0.4, -0.2) is 49.0 Å². The van der Waals surface area contributed by atoms with E-state index in [9.17, 15) is 5.11 Å². The van der Waals surface area contributed by atoms with E-state index in [1.165, 1.54) is 18.6 Å². The average molecular weight is 297 g/mol. The quantitative estimate of drug-likeness (QED) is 0.805. The summed E-state index contributed by atoms with van der Waals surface area (Å²) < 4.78 is 10.6. The van der Waals surface area contributed by atoms with Crippen molar-refractivity contribution in [3.8, 4) is 11.5 Å². The van der Waals surface area contributed by atoms with Gasteiger partial charge in [0.1, 0.15) is 24.2 Å². The minimum Gasteiger partial charge on any atom is -0.497 e. The molecule has 1 aliphatic heterocycles. The maximum absolute atomic E-state index is 9.92. The zero-order valence-corrected chi connectivity index (χ0v) is 12.7. The van der Waals surface area contributed by atoms with E-state index in [0.717, 1.165) is 17.3 Å². The van der Waals surface area contributed by atoms with Crippen molar-refractivity contribution >= 4 is 11.8 Å². The lowest BCUT2D eigenvalue weighted by molar-refractivity contribution is 0.104. The highest BCUT2D eigenvalue weighted by Gasteiger charge is 2.14. The molecule has 0 radical (unpaired) electrons. The Bertz CT molecular complexity index is 379. The predicted octanol–water partition coefficient (Wildman–Crippen LogP) is 1.92. The van der Waals surface area contributed by atoms with Crippen LogP contribution < -0.4 is 14.8 Å². The normalized spacial score (nSPS) is 20.4. The number of hydrogen-bond donors (Lipinski definition) is 2. The molecule has 0 aliphatic carbocycles. The number of methoxy groups -OCH3 is 1. The molecular weight excluding hydrogens is 274 g/mol. The van der Waals surface area contributed by atoms with Crippen molar-refractivity contribution in [3.05, 3.63) is 24.3 Å². The minimum absolute atomic E-state index is 0.305. The van der Waals surface area contributed by atoms with E-state index in [1.54, 1.807) is 7.11 Å². The van der Waals surface area contributed by atoms with Crippen molar-refractivity contribution in [2.24, 2.45) is 0 Å². The summed E-state index contributed by atoms with van der Waals surface area (Å²) in [5, 5.41) is 13.3. The molecule has 0 aromatic heterocycles. The van der Waals surface area contributed by atoms with Gasteiger partial charge >= 0.3 is 0 Å². The highest BCUT2D eigenvalue weighted by atomic mass is 32.2. The first-order chi connectivity index (χ1) is 9.78. The molecule has 1 saturated heterocycles. The lowest BCUT2D eigenvalue weighted by atomic mass is 10.2. The molecule has 0 bridgehead atoms. The van der Waals surface area contributed by atoms with Crippen LogP contribution in [0.15, 0.2) is 24.3 Å². The molecule has 2 N–H and O–H groups in total. The lowest BCUT2D eigenvalue weighted by Crippen LogP contribution is -2.40. The monoisotopic (exact) mass is 297 g/mol. The molecule has 2 unspecified atom stereocenters. The summed E-state index contributed by atoms with van der Waals surface area (Å²) in [6, 6.07) is 7.91. The van der Waals surface area contributed by atoms with E-state index in [-0.39, 0.29) is 0 Å². The molecule has 1 aromatic rings. The fourth-order valence-electron chi connectivity index (χ4n) is 2.13. The van der Waals surface area contributed by atoms with Crippen molar-refractivity contribution in [1.29, 1.82) is 0 Å². The first-order valence-electron chi connectivity index (χ1n) is 7.04. The Kier molecular flexibility index (Phi) is 6.50. The van der Waals surface area contributed by atoms with Crippen LogP contribution in [0.4, 0.5) is 0 Å². The molecule has 0 spiro atoms. The van der Waals surface area contributed by atoms with E-state index in [4.69, 9.17) is 9.47 Å². The number of aliphatic hydroxyl groups is 1. The number of ether oxygens (including phenoxy) is 2. The lowest BCUT2D eigenvalue weighted by Gasteiger charge is -2.24. The van der Waals surface area contributed by atoms with Crippen LogP contribution in [0.25, 0.3) is 0 Å². The van der Waals surface area contributed by atoms with Crippen LogP contribution in [0.5, 0.6) is 11.5 Å². The fraction of sp³-hybridized carbons (Fsp3) is 0.600. The Labute approximate surface area is 124 Å². The molecule has 0 amide bonds. The molecule has 1 aromatic carbocycles. The molecule has 1 fully saturated rings. The standard InChI is InChI=1S/C15H23NO3S/c1-18-14-4-6-15(7-5-14)19-10-13(17)9-16-12-3-2-8-20-11-12/h4-7,12-13,16-17H,2-3,8-11H2,1H3. The molecule has 112 valence electrons. The third kappa shape index (κ3) is 5.23. The van der Waals surface area contributed by atoms with Gasteiger partial charge in [0, 0.05) is 18.3 Å². The summed E-state index contributed by atoms with van der Waals surface area (Å²) in [6.45, 7) is 0.889. The molecule has 2 atom stereocenters. The summed E-state index contributed by atoms with van der Waals surface area (Å²) in [5.74, 6) is 3.96. The van der Waals surface area contributed by atoms with Crippen LogP contribution in [0.2, 0.25) is 0 Å². The highest BCUT2D eigenvalue weighted by Crippen LogP contribution is 2.18. The maximum atomic E-state index is 9.92. The molecule has 2 rings (SSSR count). The van der Waals surface area contributed by atoms with Crippen molar-refractivity contribution in [1.82, 2.24) is 5.32 Å². The molecule has 4 nitrogen and oxygen atoms in total. The summed E-state index contributed by atoms with van der Waals surface area (Å²) in [4.78, 5) is 0. The van der Waals surface area contributed by atoms with Crippen LogP contribution in [0.1, 0.15) is 12.8 Å². The summed E-state index contributed by atoms with van der Waals surface area (Å²) >= 11 is 1.98. The number of aliphatic hydroxyl groups excluding tert-OH is 1. The van der Waals surface area contributed by atoms with Gasteiger partial charge in [0.2, 0.25) is 0 Å². The molecule has 5 heteroatoms. The Morgan fingerprint density at radius 3 is 2.75 bits per heavy atom. The molecule has 20 heavy (non-hydrogen) atoms. The van der Waals surface area contributed by atoms with Gasteiger partial charge in [0.25, 0.3) is 0 Å². The summed E-state index contributed by atoms with van der Waals surface area (Å²) in [6.07, 6.45) is 1.99. The largest absolute Gasteiger partial charge is 0.497 e. The number of hydrogen-bond acceptors (Lipinski definition) is 5. The van der Waals surface area contributed by atoms with Crippen LogP contribution in [-0.2, 0) is 0 Å². The summed E-state index contributed by atoms with van der Waals surface area (Å²) in [7, 11) is 1.63. The number of rotatable bonds is 7. The maximum Gasteiger partial charge on any atom is 0.119 e. The minimum atomic E-state index is -0.482. The van der Waals surface area contributed by atoms with Crippen molar-refractivity contribution < 1.29 is 14.6 Å². The van der Waals surface area contributed by atoms with E-state index in [0.29, 0.717) is 19.2 Å². The van der Waals surface area contributed by atoms with Crippen molar-refractivity contribution in [3.63, 3.8) is 0 Å². The summed E-state index contributed by atoms with van der Waals surface area (Å²) in [5.41, 5.74) is 0. The topological polar surface area (TPSA) is 50.7 Å². The second-order valence-corrected chi connectivity index (χ2v) is 6.11. The van der Waals surface area contributed by atoms with Gasteiger partial charge in [-0.2, -0.15) is 11.8 Å². The van der Waals surface area contributed by atoms with Gasteiger partial charge in [-0.15, -0.1) is 0 Å². The number of benzene rings is 1. The average Bonchev–Trinajstić information content (AvgIpc) is 2.52. The van der Waals surface area contributed by atoms with Gasteiger partial charge in [-0.1, -0.05) is 0 Å². The Balaban J connectivity index is 1.64. The van der Waals surface area contributed by atoms with E-state index >= 15 is 0 Å². The van der Waals surface area contributed by atoms with Crippen LogP contribution in [0, 0.1) is 0 Å². The SMILES string of the molecule is COc1ccc(OCC(O)CNC2CCCSC2)cc1. The molecule has 0 saturated carbocycles. The van der Waals surface area contributed by atoms with Gasteiger partial charge in [0.05, 0.1) is 7.11 Å². The zero-order chi connectivity index (χ0) is 14.2. The molecule has 1 heterocycles.